The highest BCUT2D eigenvalue weighted by Crippen LogP contribution is 2.29. The summed E-state index contributed by atoms with van der Waals surface area (Å²) >= 11 is 12.1. The molecular formula is C29H31Cl2N3O5. The van der Waals surface area contributed by atoms with Crippen LogP contribution in [0.3, 0.4) is 0 Å². The van der Waals surface area contributed by atoms with Gasteiger partial charge in [-0.15, -0.1) is 0 Å². The van der Waals surface area contributed by atoms with Gasteiger partial charge in [-0.3, -0.25) is 9.59 Å². The van der Waals surface area contributed by atoms with Gasteiger partial charge in [0.05, 0.1) is 25.0 Å². The number of amides is 2. The molecule has 10 heteroatoms. The van der Waals surface area contributed by atoms with Crippen LogP contribution >= 0.6 is 23.2 Å². The molecule has 0 aliphatic heterocycles. The summed E-state index contributed by atoms with van der Waals surface area (Å²) in [5.41, 5.74) is 4.07. The van der Waals surface area contributed by atoms with Gasteiger partial charge < -0.3 is 19.5 Å². The molecule has 0 saturated heterocycles. The minimum atomic E-state index is -0.931. The fourth-order valence-corrected chi connectivity index (χ4v) is 3.96. The third kappa shape index (κ3) is 9.19. The Labute approximate surface area is 238 Å². The molecule has 206 valence electrons. The Morgan fingerprint density at radius 1 is 0.974 bits per heavy atom. The van der Waals surface area contributed by atoms with Gasteiger partial charge in [-0.1, -0.05) is 60.5 Å². The van der Waals surface area contributed by atoms with Crippen LogP contribution in [0, 0.1) is 0 Å². The van der Waals surface area contributed by atoms with Crippen LogP contribution in [0.2, 0.25) is 10.0 Å². The van der Waals surface area contributed by atoms with Crippen LogP contribution in [0.4, 0.5) is 0 Å². The zero-order valence-electron chi connectivity index (χ0n) is 21.9. The van der Waals surface area contributed by atoms with Gasteiger partial charge in [-0.05, 0) is 60.9 Å². The smallest absolute Gasteiger partial charge is 0.262 e. The van der Waals surface area contributed by atoms with Crippen molar-refractivity contribution in [2.24, 2.45) is 5.10 Å². The molecule has 8 nitrogen and oxygen atoms in total. The summed E-state index contributed by atoms with van der Waals surface area (Å²) in [4.78, 5) is 26.0. The molecule has 3 aromatic rings. The molecule has 0 unspecified atom stereocenters. The van der Waals surface area contributed by atoms with Crippen LogP contribution in [0.5, 0.6) is 17.2 Å². The lowest BCUT2D eigenvalue weighted by atomic mass is 10.1. The highest BCUT2D eigenvalue weighted by molar-refractivity contribution is 6.35. The molecule has 0 heterocycles. The standard InChI is InChI=1S/C29H31Cl2N3O5/c1-4-14-38-26-12-10-21(16-27(26)37-3)18-32-34-29(36)24(15-20-8-6-5-7-9-20)33-28(35)19(2)39-25-13-11-22(30)17-23(25)31/h5-13,16-19,24H,4,14-15H2,1-3H3,(H,33,35)(H,34,36)/b32-18-/t19-,24+/m0/s1. The van der Waals surface area contributed by atoms with E-state index in [0.29, 0.717) is 34.4 Å². The van der Waals surface area contributed by atoms with E-state index in [-0.39, 0.29) is 11.4 Å². The van der Waals surface area contributed by atoms with E-state index in [1.807, 2.05) is 37.3 Å². The molecule has 0 fully saturated rings. The number of hydrogen-bond acceptors (Lipinski definition) is 6. The van der Waals surface area contributed by atoms with Crippen molar-refractivity contribution in [1.29, 1.82) is 0 Å². The number of nitrogens with zero attached hydrogens (tertiary/aromatic N) is 1. The van der Waals surface area contributed by atoms with E-state index in [2.05, 4.69) is 15.8 Å². The van der Waals surface area contributed by atoms with Crippen molar-refractivity contribution < 1.29 is 23.8 Å². The number of nitrogens with one attached hydrogen (secondary N) is 2. The predicted octanol–water partition coefficient (Wildman–Crippen LogP) is 5.44. The lowest BCUT2D eigenvalue weighted by molar-refractivity contribution is -0.132. The van der Waals surface area contributed by atoms with Gasteiger partial charge in [-0.25, -0.2) is 5.43 Å². The van der Waals surface area contributed by atoms with E-state index in [1.54, 1.807) is 44.4 Å². The molecule has 0 aliphatic carbocycles. The van der Waals surface area contributed by atoms with Crippen LogP contribution < -0.4 is 25.0 Å². The molecule has 2 atom stereocenters. The van der Waals surface area contributed by atoms with Gasteiger partial charge in [-0.2, -0.15) is 5.10 Å². The molecule has 0 saturated carbocycles. The molecule has 3 rings (SSSR count). The first-order valence-electron chi connectivity index (χ1n) is 12.4. The second-order valence-corrected chi connectivity index (χ2v) is 9.42. The van der Waals surface area contributed by atoms with Gasteiger partial charge in [0.2, 0.25) is 0 Å². The zero-order valence-corrected chi connectivity index (χ0v) is 23.5. The molecule has 0 aliphatic rings. The Hall–Kier alpha value is -3.75. The van der Waals surface area contributed by atoms with Crippen molar-refractivity contribution in [3.63, 3.8) is 0 Å². The van der Waals surface area contributed by atoms with Gasteiger partial charge in [0, 0.05) is 11.4 Å². The molecule has 2 N–H and O–H groups in total. The van der Waals surface area contributed by atoms with Crippen LogP contribution in [-0.4, -0.2) is 43.9 Å². The van der Waals surface area contributed by atoms with Crippen molar-refractivity contribution in [3.05, 3.63) is 87.9 Å². The summed E-state index contributed by atoms with van der Waals surface area (Å²) in [6, 6.07) is 18.5. The predicted molar refractivity (Wildman–Crippen MR) is 153 cm³/mol. The summed E-state index contributed by atoms with van der Waals surface area (Å²) in [5.74, 6) is 0.507. The Balaban J connectivity index is 1.68. The van der Waals surface area contributed by atoms with E-state index in [4.69, 9.17) is 37.4 Å². The van der Waals surface area contributed by atoms with E-state index >= 15 is 0 Å². The molecule has 0 aromatic heterocycles. The third-order valence-electron chi connectivity index (χ3n) is 5.52. The van der Waals surface area contributed by atoms with Crippen molar-refractivity contribution in [2.45, 2.75) is 38.8 Å². The van der Waals surface area contributed by atoms with Crippen LogP contribution in [0.1, 0.15) is 31.4 Å². The second kappa shape index (κ2) is 15.0. The highest BCUT2D eigenvalue weighted by Gasteiger charge is 2.25. The monoisotopic (exact) mass is 571 g/mol. The number of halogens is 2. The second-order valence-electron chi connectivity index (χ2n) is 8.58. The topological polar surface area (TPSA) is 98.2 Å². The molecule has 0 bridgehead atoms. The first-order chi connectivity index (χ1) is 18.8. The first kappa shape index (κ1) is 29.8. The number of rotatable bonds is 13. The van der Waals surface area contributed by atoms with Gasteiger partial charge in [0.1, 0.15) is 11.8 Å². The number of carbonyl (C=O) groups excluding carboxylic acids is 2. The number of benzene rings is 3. The highest BCUT2D eigenvalue weighted by atomic mass is 35.5. The average Bonchev–Trinajstić information content (AvgIpc) is 2.93. The van der Waals surface area contributed by atoms with Crippen molar-refractivity contribution in [2.75, 3.05) is 13.7 Å². The first-order valence-corrected chi connectivity index (χ1v) is 13.2. The summed E-state index contributed by atoms with van der Waals surface area (Å²) in [5, 5.41) is 7.55. The maximum absolute atomic E-state index is 13.1. The molecule has 3 aromatic carbocycles. The van der Waals surface area contributed by atoms with Crippen LogP contribution in [0.15, 0.2) is 71.8 Å². The number of hydrazone groups is 1. The van der Waals surface area contributed by atoms with Gasteiger partial charge >= 0.3 is 0 Å². The fraction of sp³-hybridized carbons (Fsp3) is 0.276. The maximum Gasteiger partial charge on any atom is 0.262 e. The van der Waals surface area contributed by atoms with Crippen molar-refractivity contribution >= 4 is 41.2 Å². The normalized spacial score (nSPS) is 12.4. The van der Waals surface area contributed by atoms with Crippen LogP contribution in [-0.2, 0) is 16.0 Å². The molecule has 39 heavy (non-hydrogen) atoms. The van der Waals surface area contributed by atoms with E-state index in [1.165, 1.54) is 12.3 Å². The Morgan fingerprint density at radius 2 is 1.72 bits per heavy atom. The van der Waals surface area contributed by atoms with Crippen molar-refractivity contribution in [1.82, 2.24) is 10.7 Å². The summed E-state index contributed by atoms with van der Waals surface area (Å²) in [6.45, 7) is 4.16. The molecule has 0 spiro atoms. The number of methoxy groups -OCH3 is 1. The fourth-order valence-electron chi connectivity index (χ4n) is 3.51. The Morgan fingerprint density at radius 3 is 2.41 bits per heavy atom. The largest absolute Gasteiger partial charge is 0.493 e. The summed E-state index contributed by atoms with van der Waals surface area (Å²) in [6.07, 6.45) is 1.68. The Bertz CT molecular complexity index is 1290. The maximum atomic E-state index is 13.1. The van der Waals surface area contributed by atoms with Crippen LogP contribution in [0.25, 0.3) is 0 Å². The quantitative estimate of drug-likeness (QED) is 0.210. The minimum Gasteiger partial charge on any atom is -0.493 e. The average molecular weight is 572 g/mol. The molecular weight excluding hydrogens is 541 g/mol. The van der Waals surface area contributed by atoms with E-state index < -0.39 is 24.0 Å². The van der Waals surface area contributed by atoms with E-state index in [0.717, 1.165) is 12.0 Å². The zero-order chi connectivity index (χ0) is 28.2. The molecule has 0 radical (unpaired) electrons. The van der Waals surface area contributed by atoms with E-state index in [9.17, 15) is 9.59 Å². The third-order valence-corrected chi connectivity index (χ3v) is 6.05. The lowest BCUT2D eigenvalue weighted by Crippen LogP contribution is -2.50. The van der Waals surface area contributed by atoms with Crippen molar-refractivity contribution in [3.8, 4) is 17.2 Å². The summed E-state index contributed by atoms with van der Waals surface area (Å²) < 4.78 is 16.8. The minimum absolute atomic E-state index is 0.250. The SMILES string of the molecule is CCCOc1ccc(/C=N\NC(=O)[C@@H](Cc2ccccc2)NC(=O)[C@H](C)Oc2ccc(Cl)cc2Cl)cc1OC. The lowest BCUT2D eigenvalue weighted by Gasteiger charge is -2.21. The van der Waals surface area contributed by atoms with Gasteiger partial charge in [0.15, 0.2) is 17.6 Å². The number of carbonyl (C=O) groups is 2. The van der Waals surface area contributed by atoms with Gasteiger partial charge in [0.25, 0.3) is 11.8 Å². The number of hydrogen-bond donors (Lipinski definition) is 2. The summed E-state index contributed by atoms with van der Waals surface area (Å²) in [7, 11) is 1.55. The molecule has 2 amide bonds. The Kier molecular flexibility index (Phi) is 11.5. The number of ether oxygens (including phenoxy) is 3.